The fourth-order valence-electron chi connectivity index (χ4n) is 3.76. The number of amides is 4. The fraction of sp³-hybridized carbons (Fsp3) is 0.526. The van der Waals surface area contributed by atoms with Gasteiger partial charge in [-0.2, -0.15) is 0 Å². The third kappa shape index (κ3) is 3.25. The molecule has 1 aliphatic heterocycles. The average molecular weight is 343 g/mol. The van der Waals surface area contributed by atoms with Gasteiger partial charge in [-0.25, -0.2) is 4.79 Å². The van der Waals surface area contributed by atoms with E-state index in [-0.39, 0.29) is 18.4 Å². The van der Waals surface area contributed by atoms with Crippen LogP contribution in [0.2, 0.25) is 0 Å². The summed E-state index contributed by atoms with van der Waals surface area (Å²) in [7, 11) is 0. The maximum atomic E-state index is 13.0. The third-order valence-corrected chi connectivity index (χ3v) is 5.05. The first-order valence-corrected chi connectivity index (χ1v) is 9.07. The van der Waals surface area contributed by atoms with Gasteiger partial charge in [0.05, 0.1) is 0 Å². The molecular formula is C19H25N3O3. The lowest BCUT2D eigenvalue weighted by molar-refractivity contribution is -0.135. The number of fused-ring (bicyclic) bond motifs is 2. The minimum Gasteiger partial charge on any atom is -0.355 e. The first kappa shape index (κ1) is 17.5. The number of aryl methyl sites for hydroxylation is 1. The second-order valence-corrected chi connectivity index (χ2v) is 6.79. The zero-order valence-corrected chi connectivity index (χ0v) is 14.6. The number of hydrogen-bond acceptors (Lipinski definition) is 3. The molecule has 1 atom stereocenters. The van der Waals surface area contributed by atoms with Crippen LogP contribution in [0.4, 0.5) is 4.79 Å². The topological polar surface area (TPSA) is 78.5 Å². The molecule has 4 amide bonds. The Morgan fingerprint density at radius 3 is 2.88 bits per heavy atom. The molecule has 1 saturated heterocycles. The van der Waals surface area contributed by atoms with E-state index in [1.54, 1.807) is 0 Å². The minimum atomic E-state index is -1.01. The van der Waals surface area contributed by atoms with Gasteiger partial charge in [-0.15, -0.1) is 0 Å². The predicted octanol–water partition coefficient (Wildman–Crippen LogP) is 2.08. The maximum Gasteiger partial charge on any atom is 0.325 e. The highest BCUT2D eigenvalue weighted by molar-refractivity contribution is 6.09. The number of benzene rings is 1. The molecule has 6 heteroatoms. The number of carbonyl (C=O) groups is 3. The van der Waals surface area contributed by atoms with E-state index < -0.39 is 11.6 Å². The first-order valence-electron chi connectivity index (χ1n) is 9.07. The highest BCUT2D eigenvalue weighted by atomic mass is 16.2. The molecule has 0 aromatic heterocycles. The van der Waals surface area contributed by atoms with Crippen LogP contribution in [-0.4, -0.2) is 35.8 Å². The summed E-state index contributed by atoms with van der Waals surface area (Å²) < 4.78 is 0. The van der Waals surface area contributed by atoms with E-state index in [2.05, 4.69) is 17.6 Å². The van der Waals surface area contributed by atoms with Gasteiger partial charge < -0.3 is 10.6 Å². The normalized spacial score (nSPS) is 22.0. The second-order valence-electron chi connectivity index (χ2n) is 6.79. The van der Waals surface area contributed by atoms with Crippen LogP contribution < -0.4 is 10.6 Å². The molecule has 1 fully saturated rings. The molecule has 1 heterocycles. The van der Waals surface area contributed by atoms with Gasteiger partial charge in [-0.3, -0.25) is 14.5 Å². The fourth-order valence-corrected chi connectivity index (χ4v) is 3.76. The van der Waals surface area contributed by atoms with Crippen molar-refractivity contribution in [3.05, 3.63) is 35.4 Å². The van der Waals surface area contributed by atoms with Crippen molar-refractivity contribution in [2.75, 3.05) is 13.1 Å². The number of carbonyl (C=O) groups excluding carboxylic acids is 3. The van der Waals surface area contributed by atoms with Crippen LogP contribution in [0.1, 0.15) is 50.2 Å². The molecule has 1 aliphatic carbocycles. The molecule has 2 aliphatic rings. The average Bonchev–Trinajstić information content (AvgIpc) is 2.84. The Morgan fingerprint density at radius 2 is 2.08 bits per heavy atom. The van der Waals surface area contributed by atoms with Crippen LogP contribution >= 0.6 is 0 Å². The molecule has 1 aromatic carbocycles. The molecule has 25 heavy (non-hydrogen) atoms. The first-order chi connectivity index (χ1) is 12.1. The van der Waals surface area contributed by atoms with Crippen LogP contribution in [0.3, 0.4) is 0 Å². The number of nitrogens with one attached hydrogen (secondary N) is 2. The van der Waals surface area contributed by atoms with Gasteiger partial charge in [0.2, 0.25) is 5.91 Å². The molecule has 2 N–H and O–H groups in total. The Morgan fingerprint density at radius 1 is 1.28 bits per heavy atom. The highest BCUT2D eigenvalue weighted by Gasteiger charge is 2.54. The van der Waals surface area contributed by atoms with Crippen molar-refractivity contribution in [3.63, 3.8) is 0 Å². The summed E-state index contributed by atoms with van der Waals surface area (Å²) in [4.78, 5) is 38.6. The van der Waals surface area contributed by atoms with Gasteiger partial charge in [0.25, 0.3) is 5.91 Å². The van der Waals surface area contributed by atoms with Gasteiger partial charge >= 0.3 is 6.03 Å². The summed E-state index contributed by atoms with van der Waals surface area (Å²) in [6.07, 6.45) is 5.33. The largest absolute Gasteiger partial charge is 0.355 e. The van der Waals surface area contributed by atoms with Crippen molar-refractivity contribution < 1.29 is 14.4 Å². The molecule has 134 valence electrons. The highest BCUT2D eigenvalue weighted by Crippen LogP contribution is 2.39. The van der Waals surface area contributed by atoms with Crippen LogP contribution in [-0.2, 0) is 21.5 Å². The van der Waals surface area contributed by atoms with Crippen LogP contribution in [0.5, 0.6) is 0 Å². The van der Waals surface area contributed by atoms with E-state index in [1.807, 2.05) is 24.3 Å². The van der Waals surface area contributed by atoms with Gasteiger partial charge in [0, 0.05) is 6.54 Å². The summed E-state index contributed by atoms with van der Waals surface area (Å²) in [5.41, 5.74) is 0.952. The summed E-state index contributed by atoms with van der Waals surface area (Å²) in [5.74, 6) is -0.603. The number of unbranched alkanes of at least 4 members (excludes halogenated alkanes) is 2. The third-order valence-electron chi connectivity index (χ3n) is 5.05. The second kappa shape index (κ2) is 7.25. The Bertz CT molecular complexity index is 688. The van der Waals surface area contributed by atoms with Crippen molar-refractivity contribution in [1.29, 1.82) is 0 Å². The molecule has 0 bridgehead atoms. The van der Waals surface area contributed by atoms with Crippen LogP contribution in [0.15, 0.2) is 24.3 Å². The standard InChI is InChI=1S/C19H25N3O3/c1-2-3-6-12-20-16(23)13-22-17(24)19(21-18(22)25)11-7-9-14-8-4-5-10-15(14)19/h4-5,8,10H,2-3,6-7,9,11-13H2,1H3,(H,20,23)(H,21,25)/t19-/m0/s1. The number of nitrogens with zero attached hydrogens (tertiary/aromatic N) is 1. The van der Waals surface area contributed by atoms with Gasteiger partial charge in [-0.1, -0.05) is 44.0 Å². The van der Waals surface area contributed by atoms with Crippen molar-refractivity contribution in [2.24, 2.45) is 0 Å². The minimum absolute atomic E-state index is 0.222. The van der Waals surface area contributed by atoms with E-state index in [0.29, 0.717) is 13.0 Å². The van der Waals surface area contributed by atoms with E-state index >= 15 is 0 Å². The van der Waals surface area contributed by atoms with Gasteiger partial charge in [-0.05, 0) is 36.8 Å². The van der Waals surface area contributed by atoms with Gasteiger partial charge in [0.1, 0.15) is 12.1 Å². The molecular weight excluding hydrogens is 318 g/mol. The summed E-state index contributed by atoms with van der Waals surface area (Å²) in [6.45, 7) is 2.45. The zero-order valence-electron chi connectivity index (χ0n) is 14.6. The quantitative estimate of drug-likeness (QED) is 0.613. The molecule has 0 radical (unpaired) electrons. The monoisotopic (exact) mass is 343 g/mol. The van der Waals surface area contributed by atoms with Crippen molar-refractivity contribution >= 4 is 17.8 Å². The predicted molar refractivity (Wildman–Crippen MR) is 93.8 cm³/mol. The molecule has 0 unspecified atom stereocenters. The SMILES string of the molecule is CCCCCNC(=O)CN1C(=O)N[C@]2(CCCc3ccccc32)C1=O. The smallest absolute Gasteiger partial charge is 0.325 e. The zero-order chi connectivity index (χ0) is 17.9. The molecule has 0 saturated carbocycles. The van der Waals surface area contributed by atoms with E-state index in [1.165, 1.54) is 0 Å². The lowest BCUT2D eigenvalue weighted by Crippen LogP contribution is -2.47. The summed E-state index contributed by atoms with van der Waals surface area (Å²) in [6, 6.07) is 7.25. The van der Waals surface area contributed by atoms with Crippen LogP contribution in [0, 0.1) is 0 Å². The Kier molecular flexibility index (Phi) is 5.06. The number of urea groups is 1. The summed E-state index contributed by atoms with van der Waals surface area (Å²) >= 11 is 0. The lowest BCUT2D eigenvalue weighted by atomic mass is 9.76. The van der Waals surface area contributed by atoms with Crippen LogP contribution in [0.25, 0.3) is 0 Å². The molecule has 1 aromatic rings. The van der Waals surface area contributed by atoms with E-state index in [4.69, 9.17) is 0 Å². The Hall–Kier alpha value is -2.37. The maximum absolute atomic E-state index is 13.0. The van der Waals surface area contributed by atoms with Crippen molar-refractivity contribution in [2.45, 2.75) is 51.0 Å². The number of hydrogen-bond donors (Lipinski definition) is 2. The Labute approximate surface area is 148 Å². The lowest BCUT2D eigenvalue weighted by Gasteiger charge is -2.33. The van der Waals surface area contributed by atoms with Crippen molar-refractivity contribution in [1.82, 2.24) is 15.5 Å². The van der Waals surface area contributed by atoms with Crippen molar-refractivity contribution in [3.8, 4) is 0 Å². The molecule has 1 spiro atoms. The van der Waals surface area contributed by atoms with E-state index in [0.717, 1.165) is 48.1 Å². The molecule has 3 rings (SSSR count). The number of imide groups is 1. The Balaban J connectivity index is 1.72. The van der Waals surface area contributed by atoms with E-state index in [9.17, 15) is 14.4 Å². The van der Waals surface area contributed by atoms with Gasteiger partial charge in [0.15, 0.2) is 0 Å². The number of rotatable bonds is 6. The summed E-state index contributed by atoms with van der Waals surface area (Å²) in [5, 5.41) is 5.65. The molecule has 6 nitrogen and oxygen atoms in total.